The molecule has 4 rings (SSSR count). The van der Waals surface area contributed by atoms with Crippen LogP contribution in [0.2, 0.25) is 0 Å². The molecule has 5 heteroatoms. The number of aromatic nitrogens is 3. The quantitative estimate of drug-likeness (QED) is 0.539. The lowest BCUT2D eigenvalue weighted by atomic mass is 10.1. The molecule has 0 saturated carbocycles. The molecular weight excluding hydrogens is 338 g/mol. The first-order valence-corrected chi connectivity index (χ1v) is 9.12. The van der Waals surface area contributed by atoms with E-state index in [4.69, 9.17) is 4.74 Å². The predicted molar refractivity (Wildman–Crippen MR) is 107 cm³/mol. The van der Waals surface area contributed by atoms with Crippen molar-refractivity contribution in [3.05, 3.63) is 83.0 Å². The lowest BCUT2D eigenvalue weighted by Gasteiger charge is -2.07. The van der Waals surface area contributed by atoms with Gasteiger partial charge < -0.3 is 9.14 Å². The van der Waals surface area contributed by atoms with E-state index in [9.17, 15) is 4.79 Å². The molecule has 2 aromatic carbocycles. The number of rotatable bonds is 5. The molecule has 0 spiro atoms. The van der Waals surface area contributed by atoms with Crippen molar-refractivity contribution in [3.8, 4) is 22.7 Å². The molecule has 0 unspecified atom stereocenters. The highest BCUT2D eigenvalue weighted by Gasteiger charge is 2.10. The van der Waals surface area contributed by atoms with Gasteiger partial charge in [0.25, 0.3) is 5.56 Å². The third-order valence-corrected chi connectivity index (χ3v) is 4.60. The summed E-state index contributed by atoms with van der Waals surface area (Å²) in [6.45, 7) is 4.68. The molecule has 0 aliphatic rings. The second-order valence-corrected chi connectivity index (χ2v) is 6.31. The minimum absolute atomic E-state index is 0.155. The van der Waals surface area contributed by atoms with E-state index < -0.39 is 0 Å². The Balaban J connectivity index is 1.74. The molecule has 27 heavy (non-hydrogen) atoms. The minimum atomic E-state index is -0.155. The third kappa shape index (κ3) is 3.24. The van der Waals surface area contributed by atoms with Gasteiger partial charge in [-0.2, -0.15) is 0 Å². The molecule has 0 aliphatic heterocycles. The van der Waals surface area contributed by atoms with Crippen molar-refractivity contribution in [3.63, 3.8) is 0 Å². The molecule has 2 aromatic heterocycles. The standard InChI is InChI=1S/C22H21N3O2/c1-3-16-5-7-17(8-6-16)20-15-24-13-14-25(22(26)21(24)23-20)18-9-11-19(12-10-18)27-4-2/h5-15H,3-4H2,1-2H3. The molecule has 136 valence electrons. The van der Waals surface area contributed by atoms with Crippen molar-refractivity contribution in [1.82, 2.24) is 14.0 Å². The van der Waals surface area contributed by atoms with Crippen LogP contribution in [0.15, 0.2) is 71.9 Å². The molecule has 0 fully saturated rings. The Hall–Kier alpha value is -3.34. The van der Waals surface area contributed by atoms with Crippen LogP contribution in [-0.2, 0) is 6.42 Å². The van der Waals surface area contributed by atoms with E-state index in [1.165, 1.54) is 5.56 Å². The number of hydrogen-bond acceptors (Lipinski definition) is 3. The summed E-state index contributed by atoms with van der Waals surface area (Å²) in [5.74, 6) is 0.786. The van der Waals surface area contributed by atoms with Crippen molar-refractivity contribution in [2.75, 3.05) is 6.61 Å². The SMILES string of the molecule is CCOc1ccc(-n2ccn3cc(-c4ccc(CC)cc4)nc3c2=O)cc1. The monoisotopic (exact) mass is 359 g/mol. The Bertz CT molecular complexity index is 1120. The van der Waals surface area contributed by atoms with Gasteiger partial charge in [0.2, 0.25) is 5.65 Å². The first-order valence-electron chi connectivity index (χ1n) is 9.12. The molecular formula is C22H21N3O2. The number of nitrogens with zero attached hydrogens (tertiary/aromatic N) is 3. The lowest BCUT2D eigenvalue weighted by Crippen LogP contribution is -2.19. The lowest BCUT2D eigenvalue weighted by molar-refractivity contribution is 0.340. The van der Waals surface area contributed by atoms with Gasteiger partial charge in [-0.25, -0.2) is 4.98 Å². The Morgan fingerprint density at radius 1 is 0.963 bits per heavy atom. The average molecular weight is 359 g/mol. The number of benzene rings is 2. The maximum atomic E-state index is 12.9. The first-order chi connectivity index (χ1) is 13.2. The zero-order chi connectivity index (χ0) is 18.8. The van der Waals surface area contributed by atoms with Crippen LogP contribution in [0, 0.1) is 0 Å². The third-order valence-electron chi connectivity index (χ3n) is 4.60. The fourth-order valence-corrected chi connectivity index (χ4v) is 3.10. The zero-order valence-corrected chi connectivity index (χ0v) is 15.4. The Morgan fingerprint density at radius 3 is 2.37 bits per heavy atom. The predicted octanol–water partition coefficient (Wildman–Crippen LogP) is 4.11. The van der Waals surface area contributed by atoms with E-state index in [1.54, 1.807) is 15.2 Å². The molecule has 0 bridgehead atoms. The second kappa shape index (κ2) is 7.11. The molecule has 0 atom stereocenters. The molecule has 4 aromatic rings. The Kier molecular flexibility index (Phi) is 4.50. The highest BCUT2D eigenvalue weighted by Crippen LogP contribution is 2.20. The van der Waals surface area contributed by atoms with Crippen molar-refractivity contribution in [2.24, 2.45) is 0 Å². The van der Waals surface area contributed by atoms with Gasteiger partial charge in [0.15, 0.2) is 0 Å². The van der Waals surface area contributed by atoms with Crippen LogP contribution in [0.25, 0.3) is 22.6 Å². The van der Waals surface area contributed by atoms with Crippen LogP contribution in [0.5, 0.6) is 5.75 Å². The fourth-order valence-electron chi connectivity index (χ4n) is 3.10. The van der Waals surface area contributed by atoms with Crippen molar-refractivity contribution in [1.29, 1.82) is 0 Å². The van der Waals surface area contributed by atoms with Crippen molar-refractivity contribution >= 4 is 5.65 Å². The Morgan fingerprint density at radius 2 is 1.70 bits per heavy atom. The Labute approximate surface area is 157 Å². The van der Waals surface area contributed by atoms with E-state index in [0.717, 1.165) is 29.1 Å². The fraction of sp³-hybridized carbons (Fsp3) is 0.182. The van der Waals surface area contributed by atoms with Crippen LogP contribution >= 0.6 is 0 Å². The van der Waals surface area contributed by atoms with Gasteiger partial charge in [-0.3, -0.25) is 9.36 Å². The van der Waals surface area contributed by atoms with Crippen LogP contribution in [0.3, 0.4) is 0 Å². The number of ether oxygens (including phenoxy) is 1. The topological polar surface area (TPSA) is 48.5 Å². The molecule has 5 nitrogen and oxygen atoms in total. The first kappa shape index (κ1) is 17.1. The molecule has 0 aliphatic carbocycles. The smallest absolute Gasteiger partial charge is 0.298 e. The molecule has 0 N–H and O–H groups in total. The second-order valence-electron chi connectivity index (χ2n) is 6.31. The highest BCUT2D eigenvalue weighted by molar-refractivity contribution is 5.62. The van der Waals surface area contributed by atoms with E-state index >= 15 is 0 Å². The van der Waals surface area contributed by atoms with Gasteiger partial charge in [0.05, 0.1) is 12.3 Å². The van der Waals surface area contributed by atoms with Crippen LogP contribution in [0.1, 0.15) is 19.4 Å². The number of hydrogen-bond donors (Lipinski definition) is 0. The van der Waals surface area contributed by atoms with Gasteiger partial charge in [-0.15, -0.1) is 0 Å². The molecule has 0 amide bonds. The van der Waals surface area contributed by atoms with E-state index in [-0.39, 0.29) is 5.56 Å². The summed E-state index contributed by atoms with van der Waals surface area (Å²) < 4.78 is 8.84. The minimum Gasteiger partial charge on any atom is -0.494 e. The summed E-state index contributed by atoms with van der Waals surface area (Å²) in [4.78, 5) is 17.5. The molecule has 0 saturated heterocycles. The number of aryl methyl sites for hydroxylation is 1. The molecule has 0 radical (unpaired) electrons. The zero-order valence-electron chi connectivity index (χ0n) is 15.4. The van der Waals surface area contributed by atoms with Crippen LogP contribution < -0.4 is 10.3 Å². The summed E-state index contributed by atoms with van der Waals surface area (Å²) in [6.07, 6.45) is 6.50. The average Bonchev–Trinajstić information content (AvgIpc) is 3.15. The van der Waals surface area contributed by atoms with Gasteiger partial charge in [0.1, 0.15) is 5.75 Å². The maximum Gasteiger partial charge on any atom is 0.298 e. The maximum absolute atomic E-state index is 12.9. The summed E-state index contributed by atoms with van der Waals surface area (Å²) in [7, 11) is 0. The van der Waals surface area contributed by atoms with Crippen LogP contribution in [-0.4, -0.2) is 20.6 Å². The van der Waals surface area contributed by atoms with Crippen molar-refractivity contribution in [2.45, 2.75) is 20.3 Å². The molecule has 2 heterocycles. The van der Waals surface area contributed by atoms with Gasteiger partial charge >= 0.3 is 0 Å². The van der Waals surface area contributed by atoms with Gasteiger partial charge in [0, 0.05) is 29.8 Å². The van der Waals surface area contributed by atoms with Crippen LogP contribution in [0.4, 0.5) is 0 Å². The van der Waals surface area contributed by atoms with Gasteiger partial charge in [-0.1, -0.05) is 31.2 Å². The van der Waals surface area contributed by atoms with E-state index in [0.29, 0.717) is 12.3 Å². The summed E-state index contributed by atoms with van der Waals surface area (Å²) >= 11 is 0. The summed E-state index contributed by atoms with van der Waals surface area (Å²) in [6, 6.07) is 15.8. The van der Waals surface area contributed by atoms with E-state index in [2.05, 4.69) is 24.0 Å². The normalized spacial score (nSPS) is 11.0. The summed E-state index contributed by atoms with van der Waals surface area (Å²) in [5, 5.41) is 0. The number of fused-ring (bicyclic) bond motifs is 1. The largest absolute Gasteiger partial charge is 0.494 e. The summed E-state index contributed by atoms with van der Waals surface area (Å²) in [5.41, 5.74) is 4.10. The van der Waals surface area contributed by atoms with Crippen molar-refractivity contribution < 1.29 is 4.74 Å². The van der Waals surface area contributed by atoms with Gasteiger partial charge in [-0.05, 0) is 43.2 Å². The van der Waals surface area contributed by atoms with E-state index in [1.807, 2.05) is 55.7 Å². The highest BCUT2D eigenvalue weighted by atomic mass is 16.5. The number of imidazole rings is 1.